The smallest absolute Gasteiger partial charge is 0.326 e. The zero-order valence-electron chi connectivity index (χ0n) is 7.65. The van der Waals surface area contributed by atoms with Crippen LogP contribution in [0, 0.1) is 0 Å². The third-order valence-corrected chi connectivity index (χ3v) is 2.58. The molecule has 0 spiro atoms. The van der Waals surface area contributed by atoms with Crippen LogP contribution in [0.1, 0.15) is 23.1 Å². The number of rotatable bonds is 2. The molecular weight excluding hydrogens is 299 g/mol. The zero-order valence-corrected chi connectivity index (χ0v) is 9.24. The Bertz CT molecular complexity index is 391. The maximum Gasteiger partial charge on any atom is 0.418 e. The van der Waals surface area contributed by atoms with Crippen molar-refractivity contribution >= 4 is 15.9 Å². The fraction of sp³-hybridized carbons (Fsp3) is 0.375. The van der Waals surface area contributed by atoms with E-state index in [9.17, 15) is 22.0 Å². The monoisotopic (exact) mass is 304 g/mol. The number of halogens is 6. The van der Waals surface area contributed by atoms with E-state index in [0.29, 0.717) is 6.20 Å². The number of pyridine rings is 1. The summed E-state index contributed by atoms with van der Waals surface area (Å²) in [6.45, 7) is -0.447. The molecule has 90 valence electrons. The molecule has 1 aromatic heterocycles. The van der Waals surface area contributed by atoms with Crippen LogP contribution >= 0.6 is 15.9 Å². The summed E-state index contributed by atoms with van der Waals surface area (Å²) in [5.41, 5.74) is 2.24. The van der Waals surface area contributed by atoms with Gasteiger partial charge in [-0.3, -0.25) is 0 Å². The molecule has 0 aromatic carbocycles. The van der Waals surface area contributed by atoms with Gasteiger partial charge >= 0.3 is 6.18 Å². The molecule has 0 amide bonds. The van der Waals surface area contributed by atoms with Gasteiger partial charge in [-0.25, -0.2) is 13.8 Å². The first kappa shape index (κ1) is 13.3. The van der Waals surface area contributed by atoms with Crippen molar-refractivity contribution in [3.8, 4) is 0 Å². The maximum atomic E-state index is 12.6. The van der Waals surface area contributed by atoms with Crippen LogP contribution in [0.3, 0.4) is 0 Å². The Balaban J connectivity index is 3.52. The number of nitrogens with zero attached hydrogens (tertiary/aromatic N) is 1. The van der Waals surface area contributed by atoms with E-state index in [2.05, 4.69) is 20.9 Å². The van der Waals surface area contributed by atoms with Gasteiger partial charge in [0.15, 0.2) is 0 Å². The lowest BCUT2D eigenvalue weighted by atomic mass is 10.0. The standard InChI is InChI=1S/C8H6BrF5N2/c9-6-3(1-15)5(7(10)11)4(2-16-6)8(12,13)14/h2,7H,1,15H2. The zero-order chi connectivity index (χ0) is 12.5. The Morgan fingerprint density at radius 2 is 1.94 bits per heavy atom. The highest BCUT2D eigenvalue weighted by molar-refractivity contribution is 9.10. The molecule has 0 aliphatic rings. The fourth-order valence-electron chi connectivity index (χ4n) is 1.21. The van der Waals surface area contributed by atoms with Gasteiger partial charge in [-0.05, 0) is 15.9 Å². The summed E-state index contributed by atoms with van der Waals surface area (Å²) in [5.74, 6) is 0. The Kier molecular flexibility index (Phi) is 3.84. The minimum absolute atomic E-state index is 0.0988. The predicted octanol–water partition coefficient (Wildman–Crippen LogP) is 3.26. The van der Waals surface area contributed by atoms with Crippen molar-refractivity contribution < 1.29 is 22.0 Å². The third kappa shape index (κ3) is 2.49. The van der Waals surface area contributed by atoms with Gasteiger partial charge in [0, 0.05) is 23.9 Å². The molecule has 1 heterocycles. The van der Waals surface area contributed by atoms with Crippen LogP contribution < -0.4 is 5.73 Å². The number of hydrogen-bond acceptors (Lipinski definition) is 2. The van der Waals surface area contributed by atoms with Crippen molar-refractivity contribution in [1.82, 2.24) is 4.98 Å². The lowest BCUT2D eigenvalue weighted by molar-refractivity contribution is -0.139. The Morgan fingerprint density at radius 3 is 2.31 bits per heavy atom. The molecular formula is C8H6BrF5N2. The molecule has 0 aliphatic carbocycles. The molecule has 1 aromatic rings. The van der Waals surface area contributed by atoms with E-state index in [-0.39, 0.29) is 10.2 Å². The molecule has 2 N–H and O–H groups in total. The van der Waals surface area contributed by atoms with Crippen LogP contribution in [0.2, 0.25) is 0 Å². The van der Waals surface area contributed by atoms with Crippen molar-refractivity contribution in [1.29, 1.82) is 0 Å². The van der Waals surface area contributed by atoms with E-state index in [1.165, 1.54) is 0 Å². The van der Waals surface area contributed by atoms with Crippen molar-refractivity contribution in [3.63, 3.8) is 0 Å². The number of aromatic nitrogens is 1. The quantitative estimate of drug-likeness (QED) is 0.673. The Labute approximate surface area is 95.8 Å². The molecule has 0 radical (unpaired) electrons. The van der Waals surface area contributed by atoms with Crippen molar-refractivity contribution in [2.24, 2.45) is 5.73 Å². The van der Waals surface area contributed by atoms with Crippen molar-refractivity contribution in [2.45, 2.75) is 19.1 Å². The van der Waals surface area contributed by atoms with E-state index in [0.717, 1.165) is 0 Å². The lowest BCUT2D eigenvalue weighted by Crippen LogP contribution is -2.15. The van der Waals surface area contributed by atoms with Gasteiger partial charge in [-0.15, -0.1) is 0 Å². The van der Waals surface area contributed by atoms with Gasteiger partial charge in [0.25, 0.3) is 6.43 Å². The van der Waals surface area contributed by atoms with Gasteiger partial charge in [-0.1, -0.05) is 0 Å². The fourth-order valence-corrected chi connectivity index (χ4v) is 1.69. The van der Waals surface area contributed by atoms with Gasteiger partial charge in [0.2, 0.25) is 0 Å². The van der Waals surface area contributed by atoms with E-state index < -0.39 is 30.3 Å². The summed E-state index contributed by atoms with van der Waals surface area (Å²) >= 11 is 2.78. The molecule has 0 saturated heterocycles. The molecule has 0 unspecified atom stereocenters. The van der Waals surface area contributed by atoms with Crippen LogP contribution in [0.4, 0.5) is 22.0 Å². The van der Waals surface area contributed by atoms with Crippen LogP contribution in [0.25, 0.3) is 0 Å². The molecule has 2 nitrogen and oxygen atoms in total. The second-order valence-corrected chi connectivity index (χ2v) is 3.61. The van der Waals surface area contributed by atoms with Crippen molar-refractivity contribution in [3.05, 3.63) is 27.5 Å². The summed E-state index contributed by atoms with van der Waals surface area (Å²) in [5, 5.41) is 0. The first-order chi connectivity index (χ1) is 7.29. The molecule has 0 saturated carbocycles. The van der Waals surface area contributed by atoms with Crippen LogP contribution in [0.15, 0.2) is 10.8 Å². The summed E-state index contributed by atoms with van der Waals surface area (Å²) < 4.78 is 62.3. The second kappa shape index (κ2) is 4.62. The Morgan fingerprint density at radius 1 is 1.38 bits per heavy atom. The highest BCUT2D eigenvalue weighted by atomic mass is 79.9. The predicted molar refractivity (Wildman–Crippen MR) is 49.8 cm³/mol. The van der Waals surface area contributed by atoms with Gasteiger partial charge in [-0.2, -0.15) is 13.2 Å². The van der Waals surface area contributed by atoms with Gasteiger partial charge in [0.05, 0.1) is 5.56 Å². The number of hydrogen-bond donors (Lipinski definition) is 1. The van der Waals surface area contributed by atoms with Crippen LogP contribution in [-0.2, 0) is 12.7 Å². The second-order valence-electron chi connectivity index (χ2n) is 2.86. The third-order valence-electron chi connectivity index (χ3n) is 1.90. The van der Waals surface area contributed by atoms with Gasteiger partial charge in [0.1, 0.15) is 4.60 Å². The number of nitrogens with two attached hydrogens (primary N) is 1. The van der Waals surface area contributed by atoms with Gasteiger partial charge < -0.3 is 5.73 Å². The van der Waals surface area contributed by atoms with Crippen molar-refractivity contribution in [2.75, 3.05) is 0 Å². The van der Waals surface area contributed by atoms with E-state index >= 15 is 0 Å². The first-order valence-electron chi connectivity index (χ1n) is 4.01. The summed E-state index contributed by atoms with van der Waals surface area (Å²) in [4.78, 5) is 3.34. The summed E-state index contributed by atoms with van der Waals surface area (Å²) in [6, 6.07) is 0. The molecule has 16 heavy (non-hydrogen) atoms. The average molecular weight is 305 g/mol. The molecule has 0 atom stereocenters. The van der Waals surface area contributed by atoms with E-state index in [1.54, 1.807) is 0 Å². The Hall–Kier alpha value is -0.760. The average Bonchev–Trinajstić information content (AvgIpc) is 2.14. The minimum atomic E-state index is -4.87. The topological polar surface area (TPSA) is 38.9 Å². The molecule has 0 aliphatic heterocycles. The van der Waals surface area contributed by atoms with E-state index in [4.69, 9.17) is 5.73 Å². The molecule has 1 rings (SSSR count). The maximum absolute atomic E-state index is 12.6. The molecule has 0 fully saturated rings. The van der Waals surface area contributed by atoms with Crippen LogP contribution in [-0.4, -0.2) is 4.98 Å². The lowest BCUT2D eigenvalue weighted by Gasteiger charge is -2.16. The van der Waals surface area contributed by atoms with E-state index in [1.807, 2.05) is 0 Å². The summed E-state index contributed by atoms with van der Waals surface area (Å²) in [6.07, 6.45) is -7.76. The number of alkyl halides is 5. The molecule has 8 heteroatoms. The minimum Gasteiger partial charge on any atom is -0.326 e. The highest BCUT2D eigenvalue weighted by Gasteiger charge is 2.38. The largest absolute Gasteiger partial charge is 0.418 e. The highest BCUT2D eigenvalue weighted by Crippen LogP contribution is 2.39. The van der Waals surface area contributed by atoms with Crippen LogP contribution in [0.5, 0.6) is 0 Å². The first-order valence-corrected chi connectivity index (χ1v) is 4.81. The summed E-state index contributed by atoms with van der Waals surface area (Å²) in [7, 11) is 0. The molecule has 0 bridgehead atoms. The SMILES string of the molecule is NCc1c(Br)ncc(C(F)(F)F)c1C(F)F. The normalized spacial score (nSPS) is 12.2.